The first-order valence-corrected chi connectivity index (χ1v) is 9.61. The number of ether oxygens (including phenoxy) is 2. The molecule has 0 saturated heterocycles. The van der Waals surface area contributed by atoms with E-state index in [4.69, 9.17) is 9.47 Å². The van der Waals surface area contributed by atoms with E-state index >= 15 is 0 Å². The van der Waals surface area contributed by atoms with Gasteiger partial charge >= 0.3 is 6.18 Å². The van der Waals surface area contributed by atoms with E-state index in [0.29, 0.717) is 28.4 Å². The van der Waals surface area contributed by atoms with Crippen molar-refractivity contribution in [3.05, 3.63) is 59.3 Å². The Morgan fingerprint density at radius 3 is 2.19 bits per heavy atom. The molecule has 31 heavy (non-hydrogen) atoms. The van der Waals surface area contributed by atoms with Gasteiger partial charge in [0.1, 0.15) is 22.8 Å². The topological polar surface area (TPSA) is 76.2 Å². The molecule has 0 spiro atoms. The first kappa shape index (κ1) is 20.8. The average Bonchev–Trinajstić information content (AvgIpc) is 3.52. The maximum atomic E-state index is 13.2. The van der Waals surface area contributed by atoms with E-state index in [2.05, 4.69) is 15.5 Å². The molecule has 1 aliphatic carbocycles. The summed E-state index contributed by atoms with van der Waals surface area (Å²) in [6.07, 6.45) is -2.55. The van der Waals surface area contributed by atoms with Crippen LogP contribution in [0.25, 0.3) is 11.3 Å². The SMILES string of the molecule is COc1cccc(OC)c1C(=O)Nc1c(-c2ccc(C(F)(F)F)cc2)n[nH]c1C1CC1. The van der Waals surface area contributed by atoms with Crippen LogP contribution in [0.5, 0.6) is 11.5 Å². The summed E-state index contributed by atoms with van der Waals surface area (Å²) in [5.41, 5.74) is 1.49. The van der Waals surface area contributed by atoms with Gasteiger partial charge in [0.05, 0.1) is 31.2 Å². The van der Waals surface area contributed by atoms with E-state index in [1.165, 1.54) is 26.4 Å². The van der Waals surface area contributed by atoms with Gasteiger partial charge in [-0.25, -0.2) is 0 Å². The van der Waals surface area contributed by atoms with Crippen LogP contribution in [0.3, 0.4) is 0 Å². The Hall–Kier alpha value is -3.49. The van der Waals surface area contributed by atoms with Crippen molar-refractivity contribution < 1.29 is 27.4 Å². The standard InChI is InChI=1S/C22H20F3N3O3/c1-30-15-4-3-5-16(31-2)17(15)21(29)26-20-18(12-6-7-12)27-28-19(20)13-8-10-14(11-9-13)22(23,24)25/h3-5,8-12H,6-7H2,1-2H3,(H,26,29)(H,27,28). The molecule has 162 valence electrons. The van der Waals surface area contributed by atoms with Crippen molar-refractivity contribution in [3.8, 4) is 22.8 Å². The second-order valence-electron chi connectivity index (χ2n) is 7.20. The van der Waals surface area contributed by atoms with Gasteiger partial charge in [0.2, 0.25) is 0 Å². The maximum Gasteiger partial charge on any atom is 0.416 e. The summed E-state index contributed by atoms with van der Waals surface area (Å²) in [5.74, 6) is 0.421. The number of aromatic nitrogens is 2. The molecule has 1 saturated carbocycles. The third-order valence-electron chi connectivity index (χ3n) is 5.16. The van der Waals surface area contributed by atoms with Crippen molar-refractivity contribution in [2.24, 2.45) is 0 Å². The van der Waals surface area contributed by atoms with Gasteiger partial charge in [0, 0.05) is 11.5 Å². The van der Waals surface area contributed by atoms with Gasteiger partial charge in [-0.2, -0.15) is 18.3 Å². The molecular formula is C22H20F3N3O3. The van der Waals surface area contributed by atoms with Crippen molar-refractivity contribution in [2.75, 3.05) is 19.5 Å². The molecule has 0 atom stereocenters. The van der Waals surface area contributed by atoms with Gasteiger partial charge in [-0.3, -0.25) is 9.89 Å². The summed E-state index contributed by atoms with van der Waals surface area (Å²) in [6.45, 7) is 0. The number of methoxy groups -OCH3 is 2. The minimum atomic E-state index is -4.43. The van der Waals surface area contributed by atoms with Crippen LogP contribution in [0.1, 0.15) is 40.4 Å². The number of hydrogen-bond donors (Lipinski definition) is 2. The summed E-state index contributed by atoms with van der Waals surface area (Å²) in [5, 5.41) is 10.1. The zero-order chi connectivity index (χ0) is 22.2. The van der Waals surface area contributed by atoms with Crippen molar-refractivity contribution in [1.29, 1.82) is 0 Å². The molecule has 1 amide bonds. The zero-order valence-corrected chi connectivity index (χ0v) is 16.8. The highest BCUT2D eigenvalue weighted by Gasteiger charge is 2.33. The number of alkyl halides is 3. The Labute approximate surface area is 176 Å². The number of hydrogen-bond acceptors (Lipinski definition) is 4. The molecule has 0 aliphatic heterocycles. The number of H-pyrrole nitrogens is 1. The largest absolute Gasteiger partial charge is 0.496 e. The Morgan fingerprint density at radius 2 is 1.68 bits per heavy atom. The first-order valence-electron chi connectivity index (χ1n) is 9.61. The number of anilines is 1. The molecule has 0 unspecified atom stereocenters. The summed E-state index contributed by atoms with van der Waals surface area (Å²) in [7, 11) is 2.90. The van der Waals surface area contributed by atoms with Crippen LogP contribution >= 0.6 is 0 Å². The molecule has 2 N–H and O–H groups in total. The number of carbonyl (C=O) groups excluding carboxylic acids is 1. The van der Waals surface area contributed by atoms with Crippen molar-refractivity contribution in [1.82, 2.24) is 10.2 Å². The number of carbonyl (C=O) groups is 1. The van der Waals surface area contributed by atoms with Crippen LogP contribution < -0.4 is 14.8 Å². The third kappa shape index (κ3) is 4.08. The Kier molecular flexibility index (Phi) is 5.34. The van der Waals surface area contributed by atoms with E-state index in [1.807, 2.05) is 0 Å². The second-order valence-corrected chi connectivity index (χ2v) is 7.20. The van der Waals surface area contributed by atoms with E-state index in [1.54, 1.807) is 18.2 Å². The van der Waals surface area contributed by atoms with Crippen LogP contribution in [0, 0.1) is 0 Å². The fourth-order valence-corrected chi connectivity index (χ4v) is 3.43. The summed E-state index contributed by atoms with van der Waals surface area (Å²) in [4.78, 5) is 13.2. The zero-order valence-electron chi connectivity index (χ0n) is 16.8. The molecule has 6 nitrogen and oxygen atoms in total. The summed E-state index contributed by atoms with van der Waals surface area (Å²) < 4.78 is 49.4. The number of nitrogens with one attached hydrogen (secondary N) is 2. The van der Waals surface area contributed by atoms with Gasteiger partial charge in [-0.05, 0) is 37.1 Å². The molecule has 3 aromatic rings. The number of halogens is 3. The molecule has 2 aromatic carbocycles. The molecule has 1 aromatic heterocycles. The smallest absolute Gasteiger partial charge is 0.416 e. The van der Waals surface area contributed by atoms with Crippen LogP contribution in [0.4, 0.5) is 18.9 Å². The van der Waals surface area contributed by atoms with Crippen LogP contribution in [0.15, 0.2) is 42.5 Å². The van der Waals surface area contributed by atoms with E-state index < -0.39 is 17.6 Å². The van der Waals surface area contributed by atoms with Gasteiger partial charge in [-0.1, -0.05) is 18.2 Å². The minimum absolute atomic E-state index is 0.213. The lowest BCUT2D eigenvalue weighted by Crippen LogP contribution is -2.15. The van der Waals surface area contributed by atoms with Crippen molar-refractivity contribution in [2.45, 2.75) is 24.9 Å². The predicted octanol–water partition coefficient (Wildman–Crippen LogP) is 5.24. The van der Waals surface area contributed by atoms with Gasteiger partial charge in [0.15, 0.2) is 0 Å². The molecule has 1 heterocycles. The van der Waals surface area contributed by atoms with Crippen molar-refractivity contribution >= 4 is 11.6 Å². The number of nitrogens with zero attached hydrogens (tertiary/aromatic N) is 1. The molecule has 0 radical (unpaired) electrons. The first-order chi connectivity index (χ1) is 14.8. The third-order valence-corrected chi connectivity index (χ3v) is 5.16. The lowest BCUT2D eigenvalue weighted by atomic mass is 10.1. The van der Waals surface area contributed by atoms with Crippen LogP contribution in [0.2, 0.25) is 0 Å². The highest BCUT2D eigenvalue weighted by Crippen LogP contribution is 2.45. The van der Waals surface area contributed by atoms with E-state index in [9.17, 15) is 18.0 Å². The quantitative estimate of drug-likeness (QED) is 0.560. The average molecular weight is 431 g/mol. The predicted molar refractivity (Wildman–Crippen MR) is 108 cm³/mol. The molecule has 1 aliphatic rings. The monoisotopic (exact) mass is 431 g/mol. The Balaban J connectivity index is 1.72. The molecule has 0 bridgehead atoms. The van der Waals surface area contributed by atoms with E-state index in [0.717, 1.165) is 30.7 Å². The molecule has 4 rings (SSSR count). The Bertz CT molecular complexity index is 1080. The van der Waals surface area contributed by atoms with Gasteiger partial charge in [-0.15, -0.1) is 0 Å². The van der Waals surface area contributed by atoms with Crippen LogP contribution in [-0.4, -0.2) is 30.3 Å². The number of rotatable bonds is 6. The highest BCUT2D eigenvalue weighted by atomic mass is 19.4. The normalized spacial score (nSPS) is 13.7. The molecule has 1 fully saturated rings. The lowest BCUT2D eigenvalue weighted by molar-refractivity contribution is -0.137. The lowest BCUT2D eigenvalue weighted by Gasteiger charge is -2.14. The molecular weight excluding hydrogens is 411 g/mol. The number of benzene rings is 2. The number of aromatic amines is 1. The number of amides is 1. The van der Waals surface area contributed by atoms with E-state index in [-0.39, 0.29) is 11.5 Å². The Morgan fingerprint density at radius 1 is 1.06 bits per heavy atom. The fraction of sp³-hybridized carbons (Fsp3) is 0.273. The summed E-state index contributed by atoms with van der Waals surface area (Å²) >= 11 is 0. The van der Waals surface area contributed by atoms with Crippen LogP contribution in [-0.2, 0) is 6.18 Å². The maximum absolute atomic E-state index is 13.2. The molecule has 9 heteroatoms. The van der Waals surface area contributed by atoms with Crippen molar-refractivity contribution in [3.63, 3.8) is 0 Å². The summed E-state index contributed by atoms with van der Waals surface area (Å²) in [6, 6.07) is 9.67. The van der Waals surface area contributed by atoms with Gasteiger partial charge in [0.25, 0.3) is 5.91 Å². The minimum Gasteiger partial charge on any atom is -0.496 e. The highest BCUT2D eigenvalue weighted by molar-refractivity contribution is 6.10. The van der Waals surface area contributed by atoms with Gasteiger partial charge < -0.3 is 14.8 Å². The fourth-order valence-electron chi connectivity index (χ4n) is 3.43. The second kappa shape index (κ2) is 7.98.